The second-order valence-electron chi connectivity index (χ2n) is 8.52. The molecule has 2 saturated carbocycles. The molecule has 154 valence electrons. The van der Waals surface area contributed by atoms with Gasteiger partial charge in [0.2, 0.25) is 0 Å². The third-order valence-corrected chi connectivity index (χ3v) is 7.99. The highest BCUT2D eigenvalue weighted by molar-refractivity contribution is 7.90. The number of hydrogen-bond acceptors (Lipinski definition) is 4. The topological polar surface area (TPSA) is 79.8 Å². The van der Waals surface area contributed by atoms with Crippen LogP contribution in [0.15, 0.2) is 28.1 Å². The molecule has 28 heavy (non-hydrogen) atoms. The molecule has 0 aromatic heterocycles. The summed E-state index contributed by atoms with van der Waals surface area (Å²) in [5.74, 6) is 1.44. The summed E-state index contributed by atoms with van der Waals surface area (Å²) in [6.07, 6.45) is 6.61. The van der Waals surface area contributed by atoms with E-state index in [-0.39, 0.29) is 0 Å². The standard InChI is InChI=1S/C21H31N3O3S/c1-4-22-20(23-13-15-6-7-17(14(2)12-15)28(3,25)26)24-18-16-8-11-27-19(16)21(18)9-5-10-21/h6-7,12,16,18-19H,4-5,8-11,13H2,1-3H3,(H2,22,23,24). The van der Waals surface area contributed by atoms with Crippen molar-refractivity contribution in [3.63, 3.8) is 0 Å². The van der Waals surface area contributed by atoms with Crippen LogP contribution in [0.5, 0.6) is 0 Å². The Kier molecular flexibility index (Phi) is 5.16. The van der Waals surface area contributed by atoms with E-state index in [1.807, 2.05) is 19.1 Å². The van der Waals surface area contributed by atoms with Crippen LogP contribution >= 0.6 is 0 Å². The third kappa shape index (κ3) is 3.32. The maximum Gasteiger partial charge on any atom is 0.191 e. The Balaban J connectivity index is 1.48. The molecule has 1 spiro atoms. The fraction of sp³-hybridized carbons (Fsp3) is 0.667. The van der Waals surface area contributed by atoms with Crippen molar-refractivity contribution in [2.45, 2.75) is 63.1 Å². The Bertz CT molecular complexity index is 877. The minimum atomic E-state index is -3.19. The predicted octanol–water partition coefficient (Wildman–Crippen LogP) is 2.41. The van der Waals surface area contributed by atoms with Crippen LogP contribution in [-0.4, -0.2) is 45.9 Å². The summed E-state index contributed by atoms with van der Waals surface area (Å²) in [5, 5.41) is 7.07. The maximum atomic E-state index is 11.8. The number of nitrogens with one attached hydrogen (secondary N) is 2. The Morgan fingerprint density at radius 1 is 1.36 bits per heavy atom. The van der Waals surface area contributed by atoms with Crippen LogP contribution in [0.2, 0.25) is 0 Å². The zero-order valence-electron chi connectivity index (χ0n) is 17.0. The van der Waals surface area contributed by atoms with Crippen LogP contribution in [0.1, 0.15) is 43.7 Å². The van der Waals surface area contributed by atoms with E-state index in [0.717, 1.165) is 36.7 Å². The molecule has 0 bridgehead atoms. The van der Waals surface area contributed by atoms with Crippen molar-refractivity contribution in [1.82, 2.24) is 10.6 Å². The van der Waals surface area contributed by atoms with Crippen molar-refractivity contribution in [3.05, 3.63) is 29.3 Å². The maximum absolute atomic E-state index is 11.8. The number of aliphatic imine (C=N–C) groups is 1. The highest BCUT2D eigenvalue weighted by Gasteiger charge is 2.66. The summed E-state index contributed by atoms with van der Waals surface area (Å²) in [7, 11) is -3.19. The summed E-state index contributed by atoms with van der Waals surface area (Å²) in [6.45, 7) is 6.12. The molecule has 3 aliphatic rings. The molecule has 1 aromatic carbocycles. The second-order valence-corrected chi connectivity index (χ2v) is 10.5. The first-order chi connectivity index (χ1) is 13.3. The van der Waals surface area contributed by atoms with Crippen LogP contribution in [0.3, 0.4) is 0 Å². The van der Waals surface area contributed by atoms with Crippen molar-refractivity contribution < 1.29 is 13.2 Å². The van der Waals surface area contributed by atoms with E-state index >= 15 is 0 Å². The molecule has 1 aromatic rings. The van der Waals surface area contributed by atoms with Gasteiger partial charge in [-0.05, 0) is 50.3 Å². The molecule has 0 radical (unpaired) electrons. The zero-order valence-corrected chi connectivity index (χ0v) is 17.8. The molecule has 7 heteroatoms. The van der Waals surface area contributed by atoms with Crippen LogP contribution in [0.25, 0.3) is 0 Å². The monoisotopic (exact) mass is 405 g/mol. The lowest BCUT2D eigenvalue weighted by molar-refractivity contribution is -0.171. The largest absolute Gasteiger partial charge is 0.377 e. The molecule has 3 fully saturated rings. The van der Waals surface area contributed by atoms with Crippen molar-refractivity contribution in [2.24, 2.45) is 16.3 Å². The van der Waals surface area contributed by atoms with Crippen molar-refractivity contribution in [3.8, 4) is 0 Å². The highest BCUT2D eigenvalue weighted by Crippen LogP contribution is 2.62. The number of hydrogen-bond donors (Lipinski definition) is 2. The van der Waals surface area contributed by atoms with Gasteiger partial charge in [0.15, 0.2) is 15.8 Å². The van der Waals surface area contributed by atoms with Gasteiger partial charge in [0.05, 0.1) is 17.5 Å². The Labute approximate surface area is 168 Å². The zero-order chi connectivity index (χ0) is 19.9. The minimum Gasteiger partial charge on any atom is -0.377 e. The van der Waals surface area contributed by atoms with E-state index in [9.17, 15) is 8.42 Å². The first-order valence-corrected chi connectivity index (χ1v) is 12.2. The van der Waals surface area contributed by atoms with Gasteiger partial charge >= 0.3 is 0 Å². The first-order valence-electron chi connectivity index (χ1n) is 10.3. The van der Waals surface area contributed by atoms with Gasteiger partial charge < -0.3 is 15.4 Å². The molecule has 4 rings (SSSR count). The van der Waals surface area contributed by atoms with Crippen molar-refractivity contribution in [2.75, 3.05) is 19.4 Å². The lowest BCUT2D eigenvalue weighted by Crippen LogP contribution is -2.72. The predicted molar refractivity (Wildman–Crippen MR) is 110 cm³/mol. The molecule has 1 saturated heterocycles. The fourth-order valence-corrected chi connectivity index (χ4v) is 6.28. The number of rotatable bonds is 5. The number of nitrogens with zero attached hydrogens (tertiary/aromatic N) is 1. The average molecular weight is 406 g/mol. The number of ether oxygens (including phenoxy) is 1. The summed E-state index contributed by atoms with van der Waals surface area (Å²) in [4.78, 5) is 5.17. The van der Waals surface area contributed by atoms with E-state index in [1.54, 1.807) is 6.07 Å². The number of benzene rings is 1. The molecule has 2 N–H and O–H groups in total. The van der Waals surface area contributed by atoms with Crippen LogP contribution < -0.4 is 10.6 Å². The minimum absolute atomic E-state index is 0.311. The quantitative estimate of drug-likeness (QED) is 0.581. The van der Waals surface area contributed by atoms with Crippen molar-refractivity contribution in [1.29, 1.82) is 0 Å². The lowest BCUT2D eigenvalue weighted by atomic mass is 9.46. The van der Waals surface area contributed by atoms with E-state index in [1.165, 1.54) is 25.5 Å². The molecule has 1 heterocycles. The van der Waals surface area contributed by atoms with Crippen LogP contribution in [-0.2, 0) is 21.1 Å². The van der Waals surface area contributed by atoms with Gasteiger partial charge in [-0.15, -0.1) is 0 Å². The van der Waals surface area contributed by atoms with Crippen LogP contribution in [0, 0.1) is 18.3 Å². The molecular formula is C21H31N3O3S. The van der Waals surface area contributed by atoms with Gasteiger partial charge in [-0.3, -0.25) is 0 Å². The molecule has 3 unspecified atom stereocenters. The number of aryl methyl sites for hydroxylation is 1. The summed E-state index contributed by atoms with van der Waals surface area (Å²) in [5.41, 5.74) is 2.09. The van der Waals surface area contributed by atoms with Crippen LogP contribution in [0.4, 0.5) is 0 Å². The summed E-state index contributed by atoms with van der Waals surface area (Å²) in [6, 6.07) is 5.90. The molecule has 2 aliphatic carbocycles. The number of sulfone groups is 1. The van der Waals surface area contributed by atoms with Crippen molar-refractivity contribution >= 4 is 15.8 Å². The normalized spacial score (nSPS) is 28.4. The lowest BCUT2D eigenvalue weighted by Gasteiger charge is -2.63. The smallest absolute Gasteiger partial charge is 0.191 e. The second kappa shape index (κ2) is 7.34. The molecule has 6 nitrogen and oxygen atoms in total. The van der Waals surface area contributed by atoms with Gasteiger partial charge in [-0.25, -0.2) is 13.4 Å². The molecule has 0 amide bonds. The first kappa shape index (κ1) is 19.7. The summed E-state index contributed by atoms with van der Waals surface area (Å²) >= 11 is 0. The fourth-order valence-electron chi connectivity index (χ4n) is 5.32. The van der Waals surface area contributed by atoms with Gasteiger partial charge in [-0.1, -0.05) is 18.6 Å². The number of fused-ring (bicyclic) bond motifs is 2. The average Bonchev–Trinajstić information content (AvgIpc) is 3.00. The van der Waals surface area contributed by atoms with Gasteiger partial charge in [0, 0.05) is 36.8 Å². The van der Waals surface area contributed by atoms with E-state index in [0.29, 0.717) is 34.9 Å². The number of guanidine groups is 1. The summed E-state index contributed by atoms with van der Waals surface area (Å²) < 4.78 is 29.6. The molecule has 3 atom stereocenters. The Hall–Kier alpha value is -1.60. The van der Waals surface area contributed by atoms with Gasteiger partial charge in [0.25, 0.3) is 0 Å². The highest BCUT2D eigenvalue weighted by atomic mass is 32.2. The van der Waals surface area contributed by atoms with Gasteiger partial charge in [-0.2, -0.15) is 0 Å². The SMILES string of the molecule is CCNC(=NCc1ccc(S(C)(=O)=O)c(C)c1)NC1C2CCOC2C12CCC2. The molecule has 1 aliphatic heterocycles. The van der Waals surface area contributed by atoms with E-state index in [2.05, 4.69) is 17.6 Å². The van der Waals surface area contributed by atoms with E-state index < -0.39 is 9.84 Å². The Morgan fingerprint density at radius 3 is 2.75 bits per heavy atom. The third-order valence-electron chi connectivity index (χ3n) is 6.73. The van der Waals surface area contributed by atoms with E-state index in [4.69, 9.17) is 9.73 Å². The van der Waals surface area contributed by atoms with Gasteiger partial charge in [0.1, 0.15) is 0 Å². The Morgan fingerprint density at radius 2 is 2.14 bits per heavy atom. The molecular weight excluding hydrogens is 374 g/mol.